The van der Waals surface area contributed by atoms with Gasteiger partial charge in [-0.15, -0.1) is 0 Å². The fourth-order valence-corrected chi connectivity index (χ4v) is 6.56. The Morgan fingerprint density at radius 3 is 2.61 bits per heavy atom. The van der Waals surface area contributed by atoms with Gasteiger partial charge in [-0.25, -0.2) is 0 Å². The lowest BCUT2D eigenvalue weighted by Crippen LogP contribution is -2.44. The highest BCUT2D eigenvalue weighted by Crippen LogP contribution is 2.51. The molecule has 1 aromatic carbocycles. The zero-order valence-corrected chi connectivity index (χ0v) is 18.2. The Kier molecular flexibility index (Phi) is 7.55. The summed E-state index contributed by atoms with van der Waals surface area (Å²) in [4.78, 5) is 14.8. The van der Waals surface area contributed by atoms with Crippen molar-refractivity contribution in [3.8, 4) is 11.5 Å². The molecule has 1 spiro atoms. The summed E-state index contributed by atoms with van der Waals surface area (Å²) in [5, 5.41) is 10.5. The Morgan fingerprint density at radius 1 is 1.21 bits per heavy atom. The zero-order valence-electron chi connectivity index (χ0n) is 17.4. The number of nitrogens with zero attached hydrogens (tertiary/aromatic N) is 1. The number of ether oxygens (including phenoxy) is 1. The molecule has 1 saturated carbocycles. The van der Waals surface area contributed by atoms with Crippen LogP contribution in [0.25, 0.3) is 0 Å². The van der Waals surface area contributed by atoms with Crippen molar-refractivity contribution in [2.45, 2.75) is 70.5 Å². The van der Waals surface area contributed by atoms with Gasteiger partial charge in [0.2, 0.25) is 0 Å². The number of hydrogen-bond donors (Lipinski definition) is 1. The maximum atomic E-state index is 12.8. The highest BCUT2D eigenvalue weighted by Gasteiger charge is 2.43. The molecule has 1 aromatic rings. The zero-order chi connectivity index (χ0) is 20.0. The van der Waals surface area contributed by atoms with Gasteiger partial charge in [-0.3, -0.25) is 4.79 Å². The van der Waals surface area contributed by atoms with Crippen LogP contribution in [-0.4, -0.2) is 46.6 Å². The number of carbonyl (C=O) groups is 1. The number of aryl methyl sites for hydroxylation is 1. The summed E-state index contributed by atoms with van der Waals surface area (Å²) in [7, 11) is 0. The van der Waals surface area contributed by atoms with E-state index < -0.39 is 0 Å². The van der Waals surface area contributed by atoms with E-state index >= 15 is 0 Å². The van der Waals surface area contributed by atoms with Gasteiger partial charge >= 0.3 is 0 Å². The van der Waals surface area contributed by atoms with Crippen LogP contribution in [0.5, 0.6) is 11.5 Å². The summed E-state index contributed by atoms with van der Waals surface area (Å²) >= 11 is 2.07. The predicted molar refractivity (Wildman–Crippen MR) is 116 cm³/mol. The van der Waals surface area contributed by atoms with Crippen LogP contribution in [-0.2, 0) is 4.79 Å². The minimum absolute atomic E-state index is 0.0102. The van der Waals surface area contributed by atoms with Crippen LogP contribution in [0, 0.1) is 12.3 Å². The second-order valence-corrected chi connectivity index (χ2v) is 9.74. The lowest BCUT2D eigenvalue weighted by molar-refractivity contribution is -0.133. The van der Waals surface area contributed by atoms with Gasteiger partial charge in [0.1, 0.15) is 0 Å². The monoisotopic (exact) mass is 405 g/mol. The van der Waals surface area contributed by atoms with Gasteiger partial charge in [0, 0.05) is 18.3 Å². The number of aromatic hydroxyl groups is 1. The molecule has 2 aliphatic rings. The van der Waals surface area contributed by atoms with Gasteiger partial charge in [-0.05, 0) is 62.0 Å². The van der Waals surface area contributed by atoms with E-state index in [9.17, 15) is 9.90 Å². The first-order chi connectivity index (χ1) is 13.5. The molecule has 1 unspecified atom stereocenters. The molecule has 156 valence electrons. The Bertz CT molecular complexity index is 655. The number of phenols is 1. The summed E-state index contributed by atoms with van der Waals surface area (Å²) in [6, 6.07) is 5.26. The van der Waals surface area contributed by atoms with Gasteiger partial charge < -0.3 is 14.7 Å². The van der Waals surface area contributed by atoms with E-state index in [1.165, 1.54) is 57.1 Å². The third-order valence-electron chi connectivity index (χ3n) is 6.54. The molecule has 0 aromatic heterocycles. The third kappa shape index (κ3) is 5.16. The largest absolute Gasteiger partial charge is 0.504 e. The molecular weight excluding hydrogens is 370 g/mol. The Balaban J connectivity index is 1.59. The molecule has 5 heteroatoms. The van der Waals surface area contributed by atoms with Crippen molar-refractivity contribution in [2.75, 3.05) is 25.4 Å². The molecule has 28 heavy (non-hydrogen) atoms. The SMILES string of the molecule is CCN(CC1SCCC12CCCCCCC2)C(=O)COc1ccc(C)cc1O. The molecule has 3 rings (SSSR count). The summed E-state index contributed by atoms with van der Waals surface area (Å²) < 4.78 is 5.63. The molecule has 1 N–H and O–H groups in total. The summed E-state index contributed by atoms with van der Waals surface area (Å²) in [6.07, 6.45) is 10.7. The number of hydrogen-bond acceptors (Lipinski definition) is 4. The van der Waals surface area contributed by atoms with E-state index in [1.807, 2.05) is 24.8 Å². The van der Waals surface area contributed by atoms with E-state index in [4.69, 9.17) is 4.74 Å². The first-order valence-electron chi connectivity index (χ1n) is 10.9. The number of rotatable bonds is 6. The summed E-state index contributed by atoms with van der Waals surface area (Å²) in [5.74, 6) is 1.71. The van der Waals surface area contributed by atoms with Crippen LogP contribution >= 0.6 is 11.8 Å². The number of benzene rings is 1. The Hall–Kier alpha value is -1.36. The predicted octanol–water partition coefficient (Wildman–Crippen LogP) is 5.16. The van der Waals surface area contributed by atoms with Crippen molar-refractivity contribution in [3.05, 3.63) is 23.8 Å². The number of thioether (sulfide) groups is 1. The maximum absolute atomic E-state index is 12.8. The first kappa shape index (κ1) is 21.4. The first-order valence-corrected chi connectivity index (χ1v) is 11.9. The lowest BCUT2D eigenvalue weighted by atomic mass is 9.72. The quantitative estimate of drug-likeness (QED) is 0.710. The lowest BCUT2D eigenvalue weighted by Gasteiger charge is -2.39. The second kappa shape index (κ2) is 9.91. The van der Waals surface area contributed by atoms with Crippen LogP contribution < -0.4 is 4.74 Å². The molecule has 1 atom stereocenters. The van der Waals surface area contributed by atoms with Crippen molar-refractivity contribution >= 4 is 17.7 Å². The molecule has 1 amide bonds. The number of carbonyl (C=O) groups excluding carboxylic acids is 1. The van der Waals surface area contributed by atoms with Gasteiger partial charge in [-0.2, -0.15) is 11.8 Å². The molecule has 2 fully saturated rings. The summed E-state index contributed by atoms with van der Waals surface area (Å²) in [6.45, 7) is 5.47. The van der Waals surface area contributed by atoms with Crippen molar-refractivity contribution in [1.82, 2.24) is 4.90 Å². The Labute approximate surface area is 174 Å². The average molecular weight is 406 g/mol. The average Bonchev–Trinajstić information content (AvgIpc) is 3.05. The molecule has 4 nitrogen and oxygen atoms in total. The van der Waals surface area contributed by atoms with E-state index in [-0.39, 0.29) is 18.3 Å². The standard InChI is InChI=1S/C23H35NO3S/c1-3-24(22(26)17-27-20-10-9-18(2)15-19(20)25)16-21-23(13-14-28-21)11-7-5-4-6-8-12-23/h9-10,15,21,25H,3-8,11-14,16-17H2,1-2H3. The number of phenolic OH excluding ortho intramolecular Hbond substituents is 1. The van der Waals surface area contributed by atoms with Gasteiger partial charge in [0.05, 0.1) is 0 Å². The number of amides is 1. The molecule has 1 aliphatic heterocycles. The molecule has 1 aliphatic carbocycles. The molecular formula is C23H35NO3S. The van der Waals surface area contributed by atoms with Crippen molar-refractivity contribution in [1.29, 1.82) is 0 Å². The van der Waals surface area contributed by atoms with Gasteiger partial charge in [0.15, 0.2) is 18.1 Å². The van der Waals surface area contributed by atoms with Crippen LogP contribution in [0.15, 0.2) is 18.2 Å². The maximum Gasteiger partial charge on any atom is 0.260 e. The second-order valence-electron chi connectivity index (χ2n) is 8.43. The smallest absolute Gasteiger partial charge is 0.260 e. The highest BCUT2D eigenvalue weighted by atomic mass is 32.2. The Morgan fingerprint density at radius 2 is 1.93 bits per heavy atom. The fourth-order valence-electron chi connectivity index (χ4n) is 4.76. The minimum Gasteiger partial charge on any atom is -0.504 e. The van der Waals surface area contributed by atoms with Crippen LogP contribution in [0.2, 0.25) is 0 Å². The molecule has 1 heterocycles. The normalized spacial score (nSPS) is 21.9. The summed E-state index contributed by atoms with van der Waals surface area (Å²) in [5.41, 5.74) is 1.39. The minimum atomic E-state index is -0.0190. The van der Waals surface area contributed by atoms with Gasteiger partial charge in [0.25, 0.3) is 5.91 Å². The van der Waals surface area contributed by atoms with E-state index in [0.717, 1.165) is 12.1 Å². The van der Waals surface area contributed by atoms with Crippen LogP contribution in [0.1, 0.15) is 63.9 Å². The molecule has 0 bridgehead atoms. The fraction of sp³-hybridized carbons (Fsp3) is 0.696. The van der Waals surface area contributed by atoms with E-state index in [1.54, 1.807) is 12.1 Å². The third-order valence-corrected chi connectivity index (χ3v) is 8.03. The van der Waals surface area contributed by atoms with Crippen LogP contribution in [0.4, 0.5) is 0 Å². The van der Waals surface area contributed by atoms with Crippen LogP contribution in [0.3, 0.4) is 0 Å². The highest BCUT2D eigenvalue weighted by molar-refractivity contribution is 8.00. The van der Waals surface area contributed by atoms with Crippen molar-refractivity contribution < 1.29 is 14.6 Å². The topological polar surface area (TPSA) is 49.8 Å². The number of likely N-dealkylation sites (N-methyl/N-ethyl adjacent to an activating group) is 1. The molecule has 1 saturated heterocycles. The van der Waals surface area contributed by atoms with Crippen molar-refractivity contribution in [2.24, 2.45) is 5.41 Å². The van der Waals surface area contributed by atoms with E-state index in [2.05, 4.69) is 11.8 Å². The molecule has 0 radical (unpaired) electrons. The van der Waals surface area contributed by atoms with Gasteiger partial charge in [-0.1, -0.05) is 38.2 Å². The van der Waals surface area contributed by atoms with E-state index in [0.29, 0.717) is 23.0 Å². The van der Waals surface area contributed by atoms with Crippen molar-refractivity contribution in [3.63, 3.8) is 0 Å².